The maximum Gasteiger partial charge on any atom is 0.339 e. The molecule has 0 radical (unpaired) electrons. The topological polar surface area (TPSA) is 90.1 Å². The molecular weight excluding hydrogens is 174 g/mol. The predicted molar refractivity (Wildman–Crippen MR) is 44.4 cm³/mol. The van der Waals surface area contributed by atoms with Crippen molar-refractivity contribution in [3.8, 4) is 5.75 Å². The standard InChI is InChI=1S/C8H7NO4/c10-7-2-1-5(4-9-13)3-6(7)8(11)12/h1-4,10,13H,(H,11,12). The fourth-order valence-corrected chi connectivity index (χ4v) is 0.872. The summed E-state index contributed by atoms with van der Waals surface area (Å²) in [6, 6.07) is 3.86. The molecule has 0 aliphatic heterocycles. The number of carboxylic acid groups (broad SMARTS) is 1. The second-order valence-corrected chi connectivity index (χ2v) is 2.33. The minimum atomic E-state index is -1.23. The summed E-state index contributed by atoms with van der Waals surface area (Å²) < 4.78 is 0. The first-order chi connectivity index (χ1) is 6.15. The Balaban J connectivity index is 3.18. The lowest BCUT2D eigenvalue weighted by Gasteiger charge is -1.99. The van der Waals surface area contributed by atoms with E-state index >= 15 is 0 Å². The largest absolute Gasteiger partial charge is 0.507 e. The van der Waals surface area contributed by atoms with E-state index in [0.717, 1.165) is 6.21 Å². The van der Waals surface area contributed by atoms with E-state index in [1.165, 1.54) is 18.2 Å². The van der Waals surface area contributed by atoms with E-state index in [1.54, 1.807) is 0 Å². The lowest BCUT2D eigenvalue weighted by Crippen LogP contribution is -1.97. The fraction of sp³-hybridized carbons (Fsp3) is 0. The number of aromatic carboxylic acids is 1. The average molecular weight is 181 g/mol. The first kappa shape index (κ1) is 9.05. The zero-order chi connectivity index (χ0) is 9.84. The number of phenols is 1. The molecular formula is C8H7NO4. The van der Waals surface area contributed by atoms with Gasteiger partial charge in [0, 0.05) is 0 Å². The number of hydrogen-bond donors (Lipinski definition) is 3. The molecule has 0 atom stereocenters. The number of rotatable bonds is 2. The quantitative estimate of drug-likeness (QED) is 0.359. The summed E-state index contributed by atoms with van der Waals surface area (Å²) in [6.45, 7) is 0. The molecule has 0 saturated carbocycles. The number of carbonyl (C=O) groups is 1. The SMILES string of the molecule is O=C(O)c1cc(C=NO)ccc1O. The summed E-state index contributed by atoms with van der Waals surface area (Å²) in [4.78, 5) is 10.5. The van der Waals surface area contributed by atoms with Crippen molar-refractivity contribution in [3.63, 3.8) is 0 Å². The predicted octanol–water partition coefficient (Wildman–Crippen LogP) is 0.898. The minimum Gasteiger partial charge on any atom is -0.507 e. The zero-order valence-electron chi connectivity index (χ0n) is 6.51. The molecule has 0 aliphatic rings. The zero-order valence-corrected chi connectivity index (χ0v) is 6.51. The maximum atomic E-state index is 10.5. The van der Waals surface area contributed by atoms with E-state index in [-0.39, 0.29) is 11.3 Å². The van der Waals surface area contributed by atoms with Gasteiger partial charge in [0.15, 0.2) is 0 Å². The van der Waals surface area contributed by atoms with E-state index in [1.807, 2.05) is 0 Å². The molecule has 0 heterocycles. The number of benzene rings is 1. The van der Waals surface area contributed by atoms with Crippen molar-refractivity contribution in [2.24, 2.45) is 5.16 Å². The monoisotopic (exact) mass is 181 g/mol. The van der Waals surface area contributed by atoms with Crippen molar-refractivity contribution in [2.45, 2.75) is 0 Å². The van der Waals surface area contributed by atoms with Crippen LogP contribution in [0.5, 0.6) is 5.75 Å². The second-order valence-electron chi connectivity index (χ2n) is 2.33. The molecule has 0 unspecified atom stereocenters. The van der Waals surface area contributed by atoms with Gasteiger partial charge >= 0.3 is 5.97 Å². The first-order valence-corrected chi connectivity index (χ1v) is 3.39. The summed E-state index contributed by atoms with van der Waals surface area (Å²) >= 11 is 0. The van der Waals surface area contributed by atoms with Gasteiger partial charge in [-0.05, 0) is 23.8 Å². The third-order valence-electron chi connectivity index (χ3n) is 1.46. The van der Waals surface area contributed by atoms with Gasteiger partial charge in [-0.3, -0.25) is 0 Å². The van der Waals surface area contributed by atoms with Gasteiger partial charge in [-0.2, -0.15) is 0 Å². The highest BCUT2D eigenvalue weighted by atomic mass is 16.4. The molecule has 0 aromatic heterocycles. The number of oxime groups is 1. The highest BCUT2D eigenvalue weighted by molar-refractivity contribution is 5.93. The van der Waals surface area contributed by atoms with Crippen molar-refractivity contribution in [1.82, 2.24) is 0 Å². The van der Waals surface area contributed by atoms with Crippen molar-refractivity contribution < 1.29 is 20.2 Å². The van der Waals surface area contributed by atoms with Crippen LogP contribution in [0, 0.1) is 0 Å². The van der Waals surface area contributed by atoms with Crippen LogP contribution in [0.25, 0.3) is 0 Å². The lowest BCUT2D eigenvalue weighted by molar-refractivity contribution is 0.0693. The highest BCUT2D eigenvalue weighted by Crippen LogP contribution is 2.17. The molecule has 13 heavy (non-hydrogen) atoms. The smallest absolute Gasteiger partial charge is 0.339 e. The van der Waals surface area contributed by atoms with Gasteiger partial charge in [0.05, 0.1) is 6.21 Å². The molecule has 0 saturated heterocycles. The number of hydrogen-bond acceptors (Lipinski definition) is 4. The molecule has 1 rings (SSSR count). The molecule has 1 aromatic carbocycles. The van der Waals surface area contributed by atoms with E-state index < -0.39 is 5.97 Å². The van der Waals surface area contributed by atoms with Crippen LogP contribution in [0.1, 0.15) is 15.9 Å². The molecule has 0 fully saturated rings. The maximum absolute atomic E-state index is 10.5. The molecule has 68 valence electrons. The Hall–Kier alpha value is -2.04. The average Bonchev–Trinajstić information content (AvgIpc) is 2.08. The highest BCUT2D eigenvalue weighted by Gasteiger charge is 2.08. The van der Waals surface area contributed by atoms with E-state index in [2.05, 4.69) is 5.16 Å². The van der Waals surface area contributed by atoms with E-state index in [4.69, 9.17) is 15.4 Å². The molecule has 1 aromatic rings. The summed E-state index contributed by atoms with van der Waals surface area (Å²) in [7, 11) is 0. The fourth-order valence-electron chi connectivity index (χ4n) is 0.872. The Labute approximate surface area is 73.6 Å². The first-order valence-electron chi connectivity index (χ1n) is 3.39. The lowest BCUT2D eigenvalue weighted by atomic mass is 10.1. The van der Waals surface area contributed by atoms with Gasteiger partial charge in [-0.25, -0.2) is 4.79 Å². The van der Waals surface area contributed by atoms with Crippen molar-refractivity contribution in [3.05, 3.63) is 29.3 Å². The van der Waals surface area contributed by atoms with Crippen LogP contribution in [0.2, 0.25) is 0 Å². The molecule has 0 aliphatic carbocycles. The van der Waals surface area contributed by atoms with Crippen molar-refractivity contribution in [1.29, 1.82) is 0 Å². The molecule has 5 heteroatoms. The van der Waals surface area contributed by atoms with Crippen LogP contribution in [0.4, 0.5) is 0 Å². The van der Waals surface area contributed by atoms with Crippen LogP contribution in [0.3, 0.4) is 0 Å². The third kappa shape index (κ3) is 1.96. The Morgan fingerprint density at radius 2 is 2.15 bits per heavy atom. The summed E-state index contributed by atoms with van der Waals surface area (Å²) in [5.74, 6) is -1.55. The molecule has 5 nitrogen and oxygen atoms in total. The second kappa shape index (κ2) is 3.57. The van der Waals surface area contributed by atoms with Crippen LogP contribution in [0.15, 0.2) is 23.4 Å². The van der Waals surface area contributed by atoms with Gasteiger partial charge in [0.25, 0.3) is 0 Å². The van der Waals surface area contributed by atoms with Gasteiger partial charge < -0.3 is 15.4 Å². The molecule has 0 bridgehead atoms. The third-order valence-corrected chi connectivity index (χ3v) is 1.46. The normalized spacial score (nSPS) is 10.5. The number of nitrogens with zero attached hydrogens (tertiary/aromatic N) is 1. The van der Waals surface area contributed by atoms with Crippen LogP contribution in [-0.4, -0.2) is 27.6 Å². The Kier molecular flexibility index (Phi) is 2.49. The summed E-state index contributed by atoms with van der Waals surface area (Å²) in [5.41, 5.74) is 0.176. The van der Waals surface area contributed by atoms with Gasteiger partial charge in [-0.1, -0.05) is 5.16 Å². The Bertz CT molecular complexity index is 359. The van der Waals surface area contributed by atoms with Crippen LogP contribution in [-0.2, 0) is 0 Å². The Morgan fingerprint density at radius 1 is 1.46 bits per heavy atom. The summed E-state index contributed by atoms with van der Waals surface area (Å²) in [6.07, 6.45) is 1.08. The van der Waals surface area contributed by atoms with Crippen LogP contribution >= 0.6 is 0 Å². The van der Waals surface area contributed by atoms with Gasteiger partial charge in [0.2, 0.25) is 0 Å². The molecule has 0 amide bonds. The Morgan fingerprint density at radius 3 is 2.69 bits per heavy atom. The van der Waals surface area contributed by atoms with E-state index in [9.17, 15) is 4.79 Å². The van der Waals surface area contributed by atoms with Crippen LogP contribution < -0.4 is 0 Å². The van der Waals surface area contributed by atoms with Crippen molar-refractivity contribution >= 4 is 12.2 Å². The van der Waals surface area contributed by atoms with E-state index in [0.29, 0.717) is 5.56 Å². The number of aromatic hydroxyl groups is 1. The number of carboxylic acids is 1. The summed E-state index contributed by atoms with van der Waals surface area (Å²) in [5, 5.41) is 28.6. The minimum absolute atomic E-state index is 0.225. The molecule has 3 N–H and O–H groups in total. The molecule has 0 spiro atoms. The van der Waals surface area contributed by atoms with Gasteiger partial charge in [0.1, 0.15) is 11.3 Å². The van der Waals surface area contributed by atoms with Gasteiger partial charge in [-0.15, -0.1) is 0 Å². The van der Waals surface area contributed by atoms with Crippen molar-refractivity contribution in [2.75, 3.05) is 0 Å².